The lowest BCUT2D eigenvalue weighted by atomic mass is 10.3. The zero-order valence-corrected chi connectivity index (χ0v) is 19.8. The average Bonchev–Trinajstić information content (AvgIpc) is 3.21. The zero-order valence-electron chi connectivity index (χ0n) is 16.6. The first kappa shape index (κ1) is 23.0. The van der Waals surface area contributed by atoms with Gasteiger partial charge in [-0.3, -0.25) is 0 Å². The Balaban J connectivity index is 1.54. The molecule has 0 radical (unpaired) electrons. The van der Waals surface area contributed by atoms with Gasteiger partial charge in [0.1, 0.15) is 22.3 Å². The molecule has 0 unspecified atom stereocenters. The van der Waals surface area contributed by atoms with Crippen molar-refractivity contribution in [3.05, 3.63) is 63.7 Å². The highest BCUT2D eigenvalue weighted by Crippen LogP contribution is 2.24. The molecule has 2 aromatic heterocycles. The number of pyridine rings is 1. The summed E-state index contributed by atoms with van der Waals surface area (Å²) in [4.78, 5) is 9.09. The number of aromatic nitrogens is 2. The van der Waals surface area contributed by atoms with Crippen LogP contribution in [-0.4, -0.2) is 35.8 Å². The molecule has 3 rings (SSSR count). The second kappa shape index (κ2) is 10.6. The minimum absolute atomic E-state index is 0.214. The van der Waals surface area contributed by atoms with Crippen LogP contribution in [0.1, 0.15) is 24.5 Å². The molecule has 2 heterocycles. The van der Waals surface area contributed by atoms with Gasteiger partial charge in [-0.05, 0) is 36.4 Å². The lowest BCUT2D eigenvalue weighted by Gasteiger charge is -2.18. The normalized spacial score (nSPS) is 11.7. The Bertz CT molecular complexity index is 1050. The van der Waals surface area contributed by atoms with Crippen molar-refractivity contribution in [3.63, 3.8) is 0 Å². The van der Waals surface area contributed by atoms with Crippen molar-refractivity contribution in [3.8, 4) is 5.75 Å². The standard InChI is InChI=1S/C20H22ClN3O3S3/c1-3-24(4-2)30(25,26)18-9-10-19(22-11-18)28-13-16-14-29-20(23-16)12-27-17-7-5-15(21)6-8-17/h5-11,14H,3-4,12-13H2,1-2H3. The molecule has 6 nitrogen and oxygen atoms in total. The van der Waals surface area contributed by atoms with Crippen LogP contribution in [0.15, 0.2) is 57.9 Å². The largest absolute Gasteiger partial charge is 0.486 e. The summed E-state index contributed by atoms with van der Waals surface area (Å²) in [7, 11) is -3.48. The van der Waals surface area contributed by atoms with Gasteiger partial charge in [-0.25, -0.2) is 18.4 Å². The molecule has 0 saturated carbocycles. The summed E-state index contributed by atoms with van der Waals surface area (Å²) in [5.41, 5.74) is 0.932. The molecule has 0 aliphatic carbocycles. The van der Waals surface area contributed by atoms with E-state index < -0.39 is 10.0 Å². The van der Waals surface area contributed by atoms with Crippen molar-refractivity contribution in [1.82, 2.24) is 14.3 Å². The third kappa shape index (κ3) is 5.95. The maximum absolute atomic E-state index is 12.5. The molecule has 0 saturated heterocycles. The predicted molar refractivity (Wildman–Crippen MR) is 122 cm³/mol. The number of sulfonamides is 1. The summed E-state index contributed by atoms with van der Waals surface area (Å²) in [5, 5.41) is 4.30. The molecule has 0 aliphatic heterocycles. The average molecular weight is 484 g/mol. The fourth-order valence-electron chi connectivity index (χ4n) is 2.62. The van der Waals surface area contributed by atoms with Gasteiger partial charge in [0, 0.05) is 35.4 Å². The van der Waals surface area contributed by atoms with E-state index in [0.29, 0.717) is 30.5 Å². The van der Waals surface area contributed by atoms with E-state index in [1.165, 1.54) is 22.3 Å². The highest BCUT2D eigenvalue weighted by molar-refractivity contribution is 7.98. The van der Waals surface area contributed by atoms with Crippen molar-refractivity contribution < 1.29 is 13.2 Å². The van der Waals surface area contributed by atoms with E-state index in [2.05, 4.69) is 9.97 Å². The summed E-state index contributed by atoms with van der Waals surface area (Å²) < 4.78 is 32.2. The van der Waals surface area contributed by atoms with Gasteiger partial charge < -0.3 is 4.74 Å². The van der Waals surface area contributed by atoms with Gasteiger partial charge in [-0.1, -0.05) is 25.4 Å². The van der Waals surface area contributed by atoms with Crippen LogP contribution in [0.3, 0.4) is 0 Å². The molecule has 0 spiro atoms. The SMILES string of the molecule is CCN(CC)S(=O)(=O)c1ccc(SCc2csc(COc3ccc(Cl)cc3)n2)nc1. The summed E-state index contributed by atoms with van der Waals surface area (Å²) in [5.74, 6) is 1.39. The van der Waals surface area contributed by atoms with Crippen LogP contribution in [0.25, 0.3) is 0 Å². The first-order chi connectivity index (χ1) is 14.4. The second-order valence-corrected chi connectivity index (χ2v) is 10.5. The number of halogens is 1. The molecule has 1 aromatic carbocycles. The van der Waals surface area contributed by atoms with Crippen LogP contribution in [0.5, 0.6) is 5.75 Å². The lowest BCUT2D eigenvalue weighted by molar-refractivity contribution is 0.305. The minimum atomic E-state index is -3.48. The number of ether oxygens (including phenoxy) is 1. The van der Waals surface area contributed by atoms with Gasteiger partial charge in [0.15, 0.2) is 0 Å². The lowest BCUT2D eigenvalue weighted by Crippen LogP contribution is -2.30. The van der Waals surface area contributed by atoms with Crippen LogP contribution < -0.4 is 4.74 Å². The van der Waals surface area contributed by atoms with Crippen molar-refractivity contribution >= 4 is 44.7 Å². The Labute approximate surface area is 190 Å². The highest BCUT2D eigenvalue weighted by atomic mass is 35.5. The Morgan fingerprint density at radius 2 is 1.87 bits per heavy atom. The molecule has 30 heavy (non-hydrogen) atoms. The Morgan fingerprint density at radius 1 is 1.13 bits per heavy atom. The Kier molecular flexibility index (Phi) is 8.13. The monoisotopic (exact) mass is 483 g/mol. The molecule has 10 heteroatoms. The summed E-state index contributed by atoms with van der Waals surface area (Å²) in [6.07, 6.45) is 1.42. The second-order valence-electron chi connectivity index (χ2n) is 6.19. The molecule has 0 N–H and O–H groups in total. The smallest absolute Gasteiger partial charge is 0.244 e. The zero-order chi connectivity index (χ0) is 21.6. The molecule has 0 aliphatic rings. The molecule has 0 fully saturated rings. The Hall–Kier alpha value is -1.65. The van der Waals surface area contributed by atoms with Gasteiger partial charge >= 0.3 is 0 Å². The number of nitrogens with zero attached hydrogens (tertiary/aromatic N) is 3. The molecular weight excluding hydrogens is 462 g/mol. The van der Waals surface area contributed by atoms with E-state index >= 15 is 0 Å². The van der Waals surface area contributed by atoms with Crippen LogP contribution in [0.2, 0.25) is 5.02 Å². The fourth-order valence-corrected chi connectivity index (χ4v) is 5.70. The topological polar surface area (TPSA) is 72.4 Å². The number of thiazole rings is 1. The summed E-state index contributed by atoms with van der Waals surface area (Å²) in [6.45, 7) is 4.90. The van der Waals surface area contributed by atoms with Crippen molar-refractivity contribution in [2.75, 3.05) is 13.1 Å². The van der Waals surface area contributed by atoms with Crippen molar-refractivity contribution in [1.29, 1.82) is 0 Å². The van der Waals surface area contributed by atoms with E-state index in [1.54, 1.807) is 35.6 Å². The number of hydrogen-bond acceptors (Lipinski definition) is 7. The molecule has 0 amide bonds. The van der Waals surface area contributed by atoms with E-state index in [9.17, 15) is 8.42 Å². The van der Waals surface area contributed by atoms with Gasteiger partial charge in [0.25, 0.3) is 0 Å². The van der Waals surface area contributed by atoms with E-state index in [-0.39, 0.29) is 4.90 Å². The van der Waals surface area contributed by atoms with E-state index in [1.807, 2.05) is 31.4 Å². The predicted octanol–water partition coefficient (Wildman–Crippen LogP) is 5.09. The first-order valence-electron chi connectivity index (χ1n) is 9.33. The first-order valence-corrected chi connectivity index (χ1v) is 13.0. The van der Waals surface area contributed by atoms with Crippen LogP contribution in [-0.2, 0) is 22.4 Å². The number of benzene rings is 1. The highest BCUT2D eigenvalue weighted by Gasteiger charge is 2.21. The van der Waals surface area contributed by atoms with Crippen LogP contribution >= 0.6 is 34.7 Å². The third-order valence-electron chi connectivity index (χ3n) is 4.20. The number of rotatable bonds is 10. The van der Waals surface area contributed by atoms with Crippen molar-refractivity contribution in [2.24, 2.45) is 0 Å². The van der Waals surface area contributed by atoms with Gasteiger partial charge in [0.05, 0.1) is 10.7 Å². The van der Waals surface area contributed by atoms with Gasteiger partial charge in [0.2, 0.25) is 10.0 Å². The van der Waals surface area contributed by atoms with E-state index in [0.717, 1.165) is 21.5 Å². The van der Waals surface area contributed by atoms with Crippen LogP contribution in [0, 0.1) is 0 Å². The van der Waals surface area contributed by atoms with Crippen LogP contribution in [0.4, 0.5) is 0 Å². The molecular formula is C20H22ClN3O3S3. The van der Waals surface area contributed by atoms with Gasteiger partial charge in [-0.2, -0.15) is 4.31 Å². The Morgan fingerprint density at radius 3 is 2.50 bits per heavy atom. The molecule has 3 aromatic rings. The molecule has 0 bridgehead atoms. The fraction of sp³-hybridized carbons (Fsp3) is 0.300. The van der Waals surface area contributed by atoms with Crippen molar-refractivity contribution in [2.45, 2.75) is 36.1 Å². The third-order valence-corrected chi connectivity index (χ3v) is 8.33. The maximum Gasteiger partial charge on any atom is 0.244 e. The number of thioether (sulfide) groups is 1. The summed E-state index contributed by atoms with van der Waals surface area (Å²) in [6, 6.07) is 10.6. The molecule has 0 atom stereocenters. The van der Waals surface area contributed by atoms with Gasteiger partial charge in [-0.15, -0.1) is 23.1 Å². The molecule has 160 valence electrons. The maximum atomic E-state index is 12.5. The van der Waals surface area contributed by atoms with E-state index in [4.69, 9.17) is 16.3 Å². The number of hydrogen-bond donors (Lipinski definition) is 0. The summed E-state index contributed by atoms with van der Waals surface area (Å²) >= 11 is 8.92. The minimum Gasteiger partial charge on any atom is -0.486 e. The quantitative estimate of drug-likeness (QED) is 0.374.